The largest absolute Gasteiger partial charge is 0.240 e. The number of pyridine rings is 1. The molecule has 3 rings (SSSR count). The number of aromatic nitrogens is 2. The summed E-state index contributed by atoms with van der Waals surface area (Å²) in [5, 5.41) is 13.3. The monoisotopic (exact) mass is 219 g/mol. The Bertz CT molecular complexity index is 705. The predicted octanol–water partition coefficient (Wildman–Crippen LogP) is 2.87. The number of nitrogens with zero attached hydrogens (tertiary/aromatic N) is 3. The molecule has 17 heavy (non-hydrogen) atoms. The third kappa shape index (κ3) is 1.66. The molecule has 0 amide bonds. The van der Waals surface area contributed by atoms with Crippen LogP contribution in [0.3, 0.4) is 0 Å². The first-order chi connectivity index (χ1) is 8.36. The highest BCUT2D eigenvalue weighted by Gasteiger charge is 2.04. The van der Waals surface area contributed by atoms with Crippen LogP contribution in [0, 0.1) is 11.3 Å². The first-order valence-corrected chi connectivity index (χ1v) is 5.32. The van der Waals surface area contributed by atoms with E-state index < -0.39 is 0 Å². The molecule has 3 aromatic rings. The molecule has 0 unspecified atom stereocenters. The van der Waals surface area contributed by atoms with Crippen molar-refractivity contribution in [2.75, 3.05) is 0 Å². The summed E-state index contributed by atoms with van der Waals surface area (Å²) in [5.41, 5.74) is 3.58. The number of hydrogen-bond donors (Lipinski definition) is 0. The number of benzene rings is 1. The maximum atomic E-state index is 8.84. The van der Waals surface area contributed by atoms with Crippen LogP contribution < -0.4 is 0 Å². The molecule has 0 aliphatic carbocycles. The van der Waals surface area contributed by atoms with Crippen LogP contribution in [0.5, 0.6) is 0 Å². The van der Waals surface area contributed by atoms with Crippen molar-refractivity contribution in [3.63, 3.8) is 0 Å². The Morgan fingerprint density at radius 3 is 2.65 bits per heavy atom. The van der Waals surface area contributed by atoms with Gasteiger partial charge in [-0.15, -0.1) is 0 Å². The molecule has 0 radical (unpaired) electrons. The predicted molar refractivity (Wildman–Crippen MR) is 65.3 cm³/mol. The Morgan fingerprint density at radius 2 is 1.88 bits per heavy atom. The summed E-state index contributed by atoms with van der Waals surface area (Å²) < 4.78 is 1.78. The van der Waals surface area contributed by atoms with E-state index in [0.29, 0.717) is 5.56 Å². The van der Waals surface area contributed by atoms with Gasteiger partial charge in [-0.25, -0.2) is 4.52 Å². The van der Waals surface area contributed by atoms with Gasteiger partial charge in [0.05, 0.1) is 22.8 Å². The van der Waals surface area contributed by atoms with Crippen LogP contribution in [0.2, 0.25) is 0 Å². The minimum Gasteiger partial charge on any atom is -0.240 e. The Kier molecular flexibility index (Phi) is 2.13. The molecular weight excluding hydrogens is 210 g/mol. The first-order valence-electron chi connectivity index (χ1n) is 5.32. The van der Waals surface area contributed by atoms with Crippen LogP contribution in [-0.4, -0.2) is 9.61 Å². The summed E-state index contributed by atoms with van der Waals surface area (Å²) in [6, 6.07) is 17.7. The van der Waals surface area contributed by atoms with Crippen molar-refractivity contribution in [1.29, 1.82) is 5.26 Å². The lowest BCUT2D eigenvalue weighted by Crippen LogP contribution is -1.87. The third-order valence-corrected chi connectivity index (χ3v) is 2.66. The molecule has 0 N–H and O–H groups in total. The fraction of sp³-hybridized carbons (Fsp3) is 0. The molecule has 3 heteroatoms. The van der Waals surface area contributed by atoms with Gasteiger partial charge < -0.3 is 0 Å². The molecule has 1 aromatic carbocycles. The normalized spacial score (nSPS) is 10.3. The summed E-state index contributed by atoms with van der Waals surface area (Å²) in [5.74, 6) is 0. The molecule has 0 aliphatic rings. The molecular formula is C14H9N3. The second-order valence-corrected chi connectivity index (χ2v) is 3.79. The lowest BCUT2D eigenvalue weighted by molar-refractivity contribution is 0.964. The minimum atomic E-state index is 0.650. The van der Waals surface area contributed by atoms with Crippen LogP contribution in [-0.2, 0) is 0 Å². The van der Waals surface area contributed by atoms with E-state index in [2.05, 4.69) is 11.2 Å². The summed E-state index contributed by atoms with van der Waals surface area (Å²) in [6.45, 7) is 0. The van der Waals surface area contributed by atoms with E-state index in [1.54, 1.807) is 16.8 Å². The zero-order valence-electron chi connectivity index (χ0n) is 9.04. The van der Waals surface area contributed by atoms with Crippen molar-refractivity contribution < 1.29 is 0 Å². The van der Waals surface area contributed by atoms with Crippen molar-refractivity contribution in [3.8, 4) is 17.3 Å². The summed E-state index contributed by atoms with van der Waals surface area (Å²) in [7, 11) is 0. The topological polar surface area (TPSA) is 41.1 Å². The van der Waals surface area contributed by atoms with Crippen LogP contribution in [0.4, 0.5) is 0 Å². The fourth-order valence-corrected chi connectivity index (χ4v) is 1.81. The van der Waals surface area contributed by atoms with Gasteiger partial charge in [-0.2, -0.15) is 10.4 Å². The number of nitriles is 1. The Morgan fingerprint density at radius 1 is 1.06 bits per heavy atom. The third-order valence-electron chi connectivity index (χ3n) is 2.66. The molecule has 0 fully saturated rings. The highest BCUT2D eigenvalue weighted by Crippen LogP contribution is 2.19. The van der Waals surface area contributed by atoms with E-state index in [-0.39, 0.29) is 0 Å². The standard InChI is InChI=1S/C14H9N3/c15-10-11-6-7-17-13(8-11)9-14(16-17)12-4-2-1-3-5-12/h1-9H. The molecule has 0 bridgehead atoms. The summed E-state index contributed by atoms with van der Waals surface area (Å²) >= 11 is 0. The van der Waals surface area contributed by atoms with Gasteiger partial charge in [0.15, 0.2) is 0 Å². The molecule has 0 saturated carbocycles. The van der Waals surface area contributed by atoms with E-state index in [1.807, 2.05) is 42.5 Å². The van der Waals surface area contributed by atoms with Crippen LogP contribution >= 0.6 is 0 Å². The highest BCUT2D eigenvalue weighted by atomic mass is 15.2. The first kappa shape index (κ1) is 9.61. The molecule has 0 atom stereocenters. The van der Waals surface area contributed by atoms with Gasteiger partial charge in [-0.3, -0.25) is 0 Å². The van der Waals surface area contributed by atoms with Crippen molar-refractivity contribution in [2.45, 2.75) is 0 Å². The highest BCUT2D eigenvalue weighted by molar-refractivity contribution is 5.66. The maximum absolute atomic E-state index is 8.84. The molecule has 2 aromatic heterocycles. The number of fused-ring (bicyclic) bond motifs is 1. The lowest BCUT2D eigenvalue weighted by Gasteiger charge is -1.93. The Balaban J connectivity index is 2.18. The van der Waals surface area contributed by atoms with Gasteiger partial charge >= 0.3 is 0 Å². The summed E-state index contributed by atoms with van der Waals surface area (Å²) in [4.78, 5) is 0. The zero-order chi connectivity index (χ0) is 11.7. The average molecular weight is 219 g/mol. The van der Waals surface area contributed by atoms with Gasteiger partial charge in [-0.05, 0) is 18.2 Å². The number of hydrogen-bond acceptors (Lipinski definition) is 2. The second-order valence-electron chi connectivity index (χ2n) is 3.79. The average Bonchev–Trinajstić information content (AvgIpc) is 2.82. The smallest absolute Gasteiger partial charge is 0.0992 e. The van der Waals surface area contributed by atoms with Gasteiger partial charge in [0, 0.05) is 11.8 Å². The second kappa shape index (κ2) is 3.76. The fourth-order valence-electron chi connectivity index (χ4n) is 1.81. The van der Waals surface area contributed by atoms with Gasteiger partial charge in [0.1, 0.15) is 0 Å². The number of rotatable bonds is 1. The van der Waals surface area contributed by atoms with Gasteiger partial charge in [0.25, 0.3) is 0 Å². The summed E-state index contributed by atoms with van der Waals surface area (Å²) in [6.07, 6.45) is 1.81. The Labute approximate surface area is 98.6 Å². The van der Waals surface area contributed by atoms with Crippen molar-refractivity contribution in [3.05, 3.63) is 60.3 Å². The van der Waals surface area contributed by atoms with E-state index in [9.17, 15) is 0 Å². The minimum absolute atomic E-state index is 0.650. The zero-order valence-corrected chi connectivity index (χ0v) is 9.04. The Hall–Kier alpha value is -2.60. The van der Waals surface area contributed by atoms with E-state index in [0.717, 1.165) is 16.8 Å². The van der Waals surface area contributed by atoms with Crippen LogP contribution in [0.15, 0.2) is 54.7 Å². The SMILES string of the molecule is N#Cc1ccn2nc(-c3ccccc3)cc2c1. The van der Waals surface area contributed by atoms with Crippen LogP contribution in [0.1, 0.15) is 5.56 Å². The van der Waals surface area contributed by atoms with Crippen molar-refractivity contribution in [1.82, 2.24) is 9.61 Å². The van der Waals surface area contributed by atoms with Gasteiger partial charge in [-0.1, -0.05) is 30.3 Å². The van der Waals surface area contributed by atoms with E-state index in [4.69, 9.17) is 5.26 Å². The molecule has 3 nitrogen and oxygen atoms in total. The van der Waals surface area contributed by atoms with Crippen molar-refractivity contribution >= 4 is 5.52 Å². The quantitative estimate of drug-likeness (QED) is 0.631. The molecule has 0 saturated heterocycles. The lowest BCUT2D eigenvalue weighted by atomic mass is 10.1. The van der Waals surface area contributed by atoms with Gasteiger partial charge in [0.2, 0.25) is 0 Å². The maximum Gasteiger partial charge on any atom is 0.0992 e. The molecule has 2 heterocycles. The molecule has 0 aliphatic heterocycles. The van der Waals surface area contributed by atoms with E-state index in [1.165, 1.54) is 0 Å². The molecule has 80 valence electrons. The van der Waals surface area contributed by atoms with E-state index >= 15 is 0 Å². The van der Waals surface area contributed by atoms with Crippen molar-refractivity contribution in [2.24, 2.45) is 0 Å². The molecule has 0 spiro atoms. The van der Waals surface area contributed by atoms with Crippen LogP contribution in [0.25, 0.3) is 16.8 Å².